The van der Waals surface area contributed by atoms with Gasteiger partial charge >= 0.3 is 6.09 Å². The summed E-state index contributed by atoms with van der Waals surface area (Å²) < 4.78 is 9.84. The Bertz CT molecular complexity index is 219. The van der Waals surface area contributed by atoms with Gasteiger partial charge in [0.05, 0.1) is 0 Å². The van der Waals surface area contributed by atoms with Gasteiger partial charge in [0.25, 0.3) is 0 Å². The van der Waals surface area contributed by atoms with E-state index in [0.717, 1.165) is 0 Å². The minimum absolute atomic E-state index is 0.328. The maximum absolute atomic E-state index is 10.7. The van der Waals surface area contributed by atoms with Crippen molar-refractivity contribution in [1.82, 2.24) is 5.32 Å². The van der Waals surface area contributed by atoms with E-state index in [4.69, 9.17) is 21.7 Å². The minimum Gasteiger partial charge on any atom is -0.485 e. The number of carbonyl (C=O) groups excluding carboxylic acids is 1. The van der Waals surface area contributed by atoms with E-state index in [9.17, 15) is 4.79 Å². The van der Waals surface area contributed by atoms with Crippen LogP contribution >= 0.6 is 12.2 Å². The van der Waals surface area contributed by atoms with Crippen LogP contribution in [0.15, 0.2) is 0 Å². The molecule has 0 saturated carbocycles. The summed E-state index contributed by atoms with van der Waals surface area (Å²) in [6.45, 7) is 4.22. The lowest BCUT2D eigenvalue weighted by molar-refractivity contribution is 0.158. The zero-order chi connectivity index (χ0) is 9.19. The molecule has 0 spiro atoms. The fraction of sp³-hybridized carbons (Fsp3) is 0.714. The number of alkyl carbamates (subject to hydrolysis) is 1. The van der Waals surface area contributed by atoms with Gasteiger partial charge in [-0.25, -0.2) is 4.79 Å². The summed E-state index contributed by atoms with van der Waals surface area (Å²) in [6, 6.07) is 0. The highest BCUT2D eigenvalue weighted by molar-refractivity contribution is 7.80. The van der Waals surface area contributed by atoms with Crippen molar-refractivity contribution in [1.29, 1.82) is 0 Å². The Hall–Kier alpha value is -0.840. The number of ether oxygens (including phenoxy) is 2. The number of carbonyl (C=O) groups is 1. The molecule has 0 aliphatic carbocycles. The Morgan fingerprint density at radius 3 is 3.00 bits per heavy atom. The topological polar surface area (TPSA) is 47.6 Å². The SMILES string of the molecule is CC(=S)OCC1(C)COC(=O)N1. The van der Waals surface area contributed by atoms with Crippen LogP contribution in [0.5, 0.6) is 0 Å². The van der Waals surface area contributed by atoms with Gasteiger partial charge in [0.15, 0.2) is 5.05 Å². The highest BCUT2D eigenvalue weighted by Crippen LogP contribution is 2.12. The Morgan fingerprint density at radius 1 is 1.92 bits per heavy atom. The molecule has 12 heavy (non-hydrogen) atoms. The maximum Gasteiger partial charge on any atom is 0.407 e. The van der Waals surface area contributed by atoms with Crippen molar-refractivity contribution in [2.24, 2.45) is 0 Å². The fourth-order valence-corrected chi connectivity index (χ4v) is 0.941. The Labute approximate surface area is 76.2 Å². The maximum atomic E-state index is 10.7. The largest absolute Gasteiger partial charge is 0.485 e. The van der Waals surface area contributed by atoms with Gasteiger partial charge in [-0.2, -0.15) is 0 Å². The first-order valence-corrected chi connectivity index (χ1v) is 4.01. The van der Waals surface area contributed by atoms with Crippen molar-refractivity contribution < 1.29 is 14.3 Å². The zero-order valence-corrected chi connectivity index (χ0v) is 7.86. The van der Waals surface area contributed by atoms with Crippen molar-refractivity contribution in [3.63, 3.8) is 0 Å². The second-order valence-corrected chi connectivity index (χ2v) is 3.62. The van der Waals surface area contributed by atoms with Gasteiger partial charge in [-0.1, -0.05) is 0 Å². The predicted octanol–water partition coefficient (Wildman–Crippen LogP) is 0.849. The van der Waals surface area contributed by atoms with Gasteiger partial charge in [-0.05, 0) is 19.1 Å². The van der Waals surface area contributed by atoms with Crippen LogP contribution in [-0.2, 0) is 9.47 Å². The number of hydrogen-bond acceptors (Lipinski definition) is 4. The third-order valence-electron chi connectivity index (χ3n) is 1.52. The highest BCUT2D eigenvalue weighted by Gasteiger charge is 2.35. The van der Waals surface area contributed by atoms with E-state index in [0.29, 0.717) is 18.3 Å². The quantitative estimate of drug-likeness (QED) is 0.654. The first-order chi connectivity index (χ1) is 5.52. The Kier molecular flexibility index (Phi) is 2.52. The number of nitrogens with one attached hydrogen (secondary N) is 1. The molecule has 1 N–H and O–H groups in total. The summed E-state index contributed by atoms with van der Waals surface area (Å²) in [5.41, 5.74) is -0.433. The Morgan fingerprint density at radius 2 is 2.58 bits per heavy atom. The normalized spacial score (nSPS) is 27.7. The Balaban J connectivity index is 2.40. The van der Waals surface area contributed by atoms with Gasteiger partial charge in [0.2, 0.25) is 0 Å². The molecule has 68 valence electrons. The molecular weight excluding hydrogens is 178 g/mol. The van der Waals surface area contributed by atoms with Crippen molar-refractivity contribution in [2.75, 3.05) is 13.2 Å². The first-order valence-electron chi connectivity index (χ1n) is 3.60. The van der Waals surface area contributed by atoms with Crippen LogP contribution < -0.4 is 5.32 Å². The summed E-state index contributed by atoms with van der Waals surface area (Å²) in [7, 11) is 0. The predicted molar refractivity (Wildman–Crippen MR) is 47.1 cm³/mol. The molecular formula is C7H11NO3S. The molecule has 1 atom stereocenters. The molecule has 1 heterocycles. The van der Waals surface area contributed by atoms with E-state index >= 15 is 0 Å². The van der Waals surface area contributed by atoms with Gasteiger partial charge in [0.1, 0.15) is 18.8 Å². The van der Waals surface area contributed by atoms with Crippen LogP contribution in [0.1, 0.15) is 13.8 Å². The van der Waals surface area contributed by atoms with Gasteiger partial charge in [-0.15, -0.1) is 0 Å². The summed E-state index contributed by atoms with van der Waals surface area (Å²) in [5.74, 6) is 0. The molecule has 1 amide bonds. The highest BCUT2D eigenvalue weighted by atomic mass is 32.1. The molecule has 0 bridgehead atoms. The smallest absolute Gasteiger partial charge is 0.407 e. The zero-order valence-electron chi connectivity index (χ0n) is 7.05. The summed E-state index contributed by atoms with van der Waals surface area (Å²) >= 11 is 4.73. The van der Waals surface area contributed by atoms with Crippen molar-refractivity contribution >= 4 is 23.4 Å². The van der Waals surface area contributed by atoms with Gasteiger partial charge < -0.3 is 14.8 Å². The van der Waals surface area contributed by atoms with Crippen LogP contribution in [-0.4, -0.2) is 29.9 Å². The first kappa shape index (κ1) is 9.25. The third kappa shape index (κ3) is 2.34. The summed E-state index contributed by atoms with van der Waals surface area (Å²) in [5, 5.41) is 3.11. The standard InChI is InChI=1S/C7H11NO3S/c1-5(12)10-3-7(2)4-11-6(9)8-7/h3-4H2,1-2H3,(H,8,9). The van der Waals surface area contributed by atoms with Crippen molar-refractivity contribution in [2.45, 2.75) is 19.4 Å². The average Bonchev–Trinajstić information content (AvgIpc) is 2.29. The van der Waals surface area contributed by atoms with Gasteiger partial charge in [0, 0.05) is 6.92 Å². The molecule has 1 saturated heterocycles. The molecule has 1 rings (SSSR count). The van der Waals surface area contributed by atoms with E-state index in [2.05, 4.69) is 5.32 Å². The van der Waals surface area contributed by atoms with E-state index in [1.807, 2.05) is 6.92 Å². The lowest BCUT2D eigenvalue weighted by atomic mass is 10.1. The molecule has 0 radical (unpaired) electrons. The molecule has 1 unspecified atom stereocenters. The van der Waals surface area contributed by atoms with Crippen molar-refractivity contribution in [3.8, 4) is 0 Å². The van der Waals surface area contributed by atoms with Crippen LogP contribution in [0.4, 0.5) is 4.79 Å². The monoisotopic (exact) mass is 189 g/mol. The van der Waals surface area contributed by atoms with E-state index in [1.165, 1.54) is 0 Å². The van der Waals surface area contributed by atoms with E-state index < -0.39 is 11.6 Å². The molecule has 0 aromatic rings. The molecule has 1 fully saturated rings. The van der Waals surface area contributed by atoms with Crippen LogP contribution in [0.2, 0.25) is 0 Å². The number of thiocarbonyl (C=S) groups is 1. The van der Waals surface area contributed by atoms with Crippen LogP contribution in [0.3, 0.4) is 0 Å². The fourth-order valence-electron chi connectivity index (χ4n) is 0.882. The van der Waals surface area contributed by atoms with E-state index in [-0.39, 0.29) is 0 Å². The van der Waals surface area contributed by atoms with E-state index in [1.54, 1.807) is 6.92 Å². The van der Waals surface area contributed by atoms with Crippen LogP contribution in [0.25, 0.3) is 0 Å². The number of amides is 1. The summed E-state index contributed by atoms with van der Waals surface area (Å²) in [4.78, 5) is 10.7. The molecule has 1 aliphatic heterocycles. The lowest BCUT2D eigenvalue weighted by Gasteiger charge is -2.20. The second-order valence-electron chi connectivity index (χ2n) is 3.04. The summed E-state index contributed by atoms with van der Waals surface area (Å²) in [6.07, 6.45) is -0.400. The number of rotatable bonds is 2. The average molecular weight is 189 g/mol. The molecule has 0 aromatic heterocycles. The lowest BCUT2D eigenvalue weighted by Crippen LogP contribution is -2.44. The number of cyclic esters (lactones) is 1. The molecule has 1 aliphatic rings. The third-order valence-corrected chi connectivity index (χ3v) is 1.64. The van der Waals surface area contributed by atoms with Gasteiger partial charge in [-0.3, -0.25) is 0 Å². The number of hydrogen-bond donors (Lipinski definition) is 1. The van der Waals surface area contributed by atoms with Crippen molar-refractivity contribution in [3.05, 3.63) is 0 Å². The molecule has 4 nitrogen and oxygen atoms in total. The second kappa shape index (κ2) is 3.26. The minimum atomic E-state index is -0.433. The molecule has 0 aromatic carbocycles. The van der Waals surface area contributed by atoms with Crippen LogP contribution in [0, 0.1) is 0 Å². The molecule has 5 heteroatoms.